The minimum atomic E-state index is -3.75. The van der Waals surface area contributed by atoms with E-state index in [0.717, 1.165) is 28.7 Å². The summed E-state index contributed by atoms with van der Waals surface area (Å²) in [6.07, 6.45) is 3.80. The van der Waals surface area contributed by atoms with Crippen molar-refractivity contribution in [2.45, 2.75) is 18.2 Å². The SMILES string of the molecule is C=CCN(CC=C)S(=O)(=O)c1ccc(C(=O)N(CCCN(C)C)c2nc3c(C)cc(Cl)cc3s2)cc1. The zero-order valence-electron chi connectivity index (χ0n) is 20.8. The zero-order valence-corrected chi connectivity index (χ0v) is 23.2. The van der Waals surface area contributed by atoms with Crippen LogP contribution < -0.4 is 4.90 Å². The van der Waals surface area contributed by atoms with Crippen LogP contribution >= 0.6 is 22.9 Å². The highest BCUT2D eigenvalue weighted by Gasteiger charge is 2.25. The fourth-order valence-electron chi connectivity index (χ4n) is 3.72. The summed E-state index contributed by atoms with van der Waals surface area (Å²) in [7, 11) is 0.213. The highest BCUT2D eigenvalue weighted by atomic mass is 35.5. The number of benzene rings is 2. The largest absolute Gasteiger partial charge is 0.309 e. The van der Waals surface area contributed by atoms with Gasteiger partial charge in [0.25, 0.3) is 5.91 Å². The molecule has 1 amide bonds. The summed E-state index contributed by atoms with van der Waals surface area (Å²) in [5.41, 5.74) is 2.14. The average molecular weight is 547 g/mol. The number of aryl methyl sites for hydroxylation is 1. The number of anilines is 1. The van der Waals surface area contributed by atoms with Gasteiger partial charge in [0.05, 0.1) is 15.1 Å². The lowest BCUT2D eigenvalue weighted by Crippen LogP contribution is -2.33. The van der Waals surface area contributed by atoms with Crippen LogP contribution in [0.5, 0.6) is 0 Å². The van der Waals surface area contributed by atoms with E-state index in [-0.39, 0.29) is 23.9 Å². The first kappa shape index (κ1) is 28.0. The Kier molecular flexibility index (Phi) is 9.43. The molecule has 0 aliphatic heterocycles. The van der Waals surface area contributed by atoms with E-state index in [0.29, 0.717) is 22.3 Å². The summed E-state index contributed by atoms with van der Waals surface area (Å²) >= 11 is 7.64. The molecule has 3 rings (SSSR count). The van der Waals surface area contributed by atoms with Crippen molar-refractivity contribution in [3.63, 3.8) is 0 Å². The predicted molar refractivity (Wildman–Crippen MR) is 150 cm³/mol. The molecular formula is C26H31ClN4O3S2. The molecule has 0 bridgehead atoms. The summed E-state index contributed by atoms with van der Waals surface area (Å²) in [4.78, 5) is 22.2. The van der Waals surface area contributed by atoms with Crippen molar-refractivity contribution in [2.24, 2.45) is 0 Å². The van der Waals surface area contributed by atoms with E-state index in [4.69, 9.17) is 16.6 Å². The van der Waals surface area contributed by atoms with Gasteiger partial charge in [-0.25, -0.2) is 13.4 Å². The number of fused-ring (bicyclic) bond motifs is 1. The van der Waals surface area contributed by atoms with E-state index in [1.807, 2.05) is 33.2 Å². The molecule has 1 heterocycles. The Hall–Kier alpha value is -2.56. The molecule has 0 N–H and O–H groups in total. The second-order valence-electron chi connectivity index (χ2n) is 8.60. The van der Waals surface area contributed by atoms with E-state index >= 15 is 0 Å². The second-order valence-corrected chi connectivity index (χ2v) is 12.0. The molecule has 0 saturated heterocycles. The van der Waals surface area contributed by atoms with Crippen LogP contribution in [0.4, 0.5) is 5.13 Å². The van der Waals surface area contributed by atoms with Crippen molar-refractivity contribution < 1.29 is 13.2 Å². The van der Waals surface area contributed by atoms with Crippen molar-refractivity contribution >= 4 is 54.2 Å². The fourth-order valence-corrected chi connectivity index (χ4v) is 6.55. The van der Waals surface area contributed by atoms with Gasteiger partial charge >= 0.3 is 0 Å². The molecule has 0 spiro atoms. The molecule has 0 fully saturated rings. The number of rotatable bonds is 12. The number of halogens is 1. The van der Waals surface area contributed by atoms with Gasteiger partial charge in [-0.1, -0.05) is 35.1 Å². The van der Waals surface area contributed by atoms with Gasteiger partial charge in [0, 0.05) is 30.2 Å². The number of amides is 1. The monoisotopic (exact) mass is 546 g/mol. The molecule has 0 saturated carbocycles. The fraction of sp³-hybridized carbons (Fsp3) is 0.308. The number of hydrogen-bond acceptors (Lipinski definition) is 6. The predicted octanol–water partition coefficient (Wildman–Crippen LogP) is 5.22. The first-order valence-electron chi connectivity index (χ1n) is 11.4. The van der Waals surface area contributed by atoms with Gasteiger partial charge in [-0.2, -0.15) is 4.31 Å². The van der Waals surface area contributed by atoms with Crippen LogP contribution in [0.25, 0.3) is 10.2 Å². The molecule has 0 aliphatic carbocycles. The van der Waals surface area contributed by atoms with E-state index < -0.39 is 10.0 Å². The van der Waals surface area contributed by atoms with E-state index in [1.165, 1.54) is 39.9 Å². The van der Waals surface area contributed by atoms with E-state index in [2.05, 4.69) is 18.1 Å². The van der Waals surface area contributed by atoms with E-state index in [1.54, 1.807) is 17.0 Å². The minimum absolute atomic E-state index is 0.104. The molecule has 192 valence electrons. The molecule has 2 aromatic carbocycles. The molecule has 0 atom stereocenters. The Balaban J connectivity index is 1.94. The van der Waals surface area contributed by atoms with Gasteiger partial charge < -0.3 is 4.90 Å². The highest BCUT2D eigenvalue weighted by molar-refractivity contribution is 7.89. The van der Waals surface area contributed by atoms with Gasteiger partial charge in [0.2, 0.25) is 10.0 Å². The molecule has 1 aromatic heterocycles. The number of aromatic nitrogens is 1. The first-order valence-corrected chi connectivity index (χ1v) is 14.1. The third kappa shape index (κ3) is 6.41. The quantitative estimate of drug-likeness (QED) is 0.291. The van der Waals surface area contributed by atoms with Gasteiger partial charge in [-0.05, 0) is 75.9 Å². The van der Waals surface area contributed by atoms with E-state index in [9.17, 15) is 13.2 Å². The maximum Gasteiger partial charge on any atom is 0.260 e. The molecule has 10 heteroatoms. The smallest absolute Gasteiger partial charge is 0.260 e. The van der Waals surface area contributed by atoms with Crippen molar-refractivity contribution in [1.82, 2.24) is 14.2 Å². The summed E-state index contributed by atoms with van der Waals surface area (Å²) in [6.45, 7) is 10.8. The number of hydrogen-bond donors (Lipinski definition) is 0. The van der Waals surface area contributed by atoms with Gasteiger partial charge in [-0.3, -0.25) is 9.69 Å². The van der Waals surface area contributed by atoms with Crippen LogP contribution in [-0.4, -0.2) is 68.8 Å². The summed E-state index contributed by atoms with van der Waals surface area (Å²) in [6, 6.07) is 9.72. The standard InChI is InChI=1S/C26H31ClN4O3S2/c1-6-13-30(14-7-2)36(33,34)22-11-9-20(10-12-22)25(32)31(16-8-15-29(4)5)26-28-24-19(3)17-21(27)18-23(24)35-26/h6-7,9-12,17-18H,1-2,8,13-16H2,3-5H3. The zero-order chi connectivity index (χ0) is 26.5. The van der Waals surface area contributed by atoms with Crippen LogP contribution in [0, 0.1) is 6.92 Å². The lowest BCUT2D eigenvalue weighted by molar-refractivity contribution is 0.0986. The Bertz CT molecular complexity index is 1340. The molecular weight excluding hydrogens is 516 g/mol. The Morgan fingerprint density at radius 1 is 1.08 bits per heavy atom. The second kappa shape index (κ2) is 12.1. The van der Waals surface area contributed by atoms with Gasteiger partial charge in [-0.15, -0.1) is 13.2 Å². The number of nitrogens with zero attached hydrogens (tertiary/aromatic N) is 4. The maximum absolute atomic E-state index is 13.6. The molecule has 0 radical (unpaired) electrons. The lowest BCUT2D eigenvalue weighted by atomic mass is 10.2. The number of carbonyl (C=O) groups is 1. The summed E-state index contributed by atoms with van der Waals surface area (Å²) in [5.74, 6) is -0.241. The topological polar surface area (TPSA) is 73.8 Å². The van der Waals surface area contributed by atoms with Crippen LogP contribution in [0.3, 0.4) is 0 Å². The third-order valence-electron chi connectivity index (χ3n) is 5.51. The average Bonchev–Trinajstić information content (AvgIpc) is 3.25. The van der Waals surface area contributed by atoms with Crippen LogP contribution in [0.15, 0.2) is 66.6 Å². The Labute approximate surface area is 222 Å². The minimum Gasteiger partial charge on any atom is -0.309 e. The highest BCUT2D eigenvalue weighted by Crippen LogP contribution is 2.34. The molecule has 0 unspecified atom stereocenters. The third-order valence-corrected chi connectivity index (χ3v) is 8.60. The van der Waals surface area contributed by atoms with Gasteiger partial charge in [0.1, 0.15) is 0 Å². The molecule has 7 nitrogen and oxygen atoms in total. The summed E-state index contributed by atoms with van der Waals surface area (Å²) in [5, 5.41) is 1.21. The number of sulfonamides is 1. The van der Waals surface area contributed by atoms with Crippen molar-refractivity contribution in [3.05, 3.63) is 77.9 Å². The summed E-state index contributed by atoms with van der Waals surface area (Å²) < 4.78 is 28.2. The Morgan fingerprint density at radius 3 is 2.31 bits per heavy atom. The van der Waals surface area contributed by atoms with Crippen molar-refractivity contribution in [3.8, 4) is 0 Å². The number of thiazole rings is 1. The maximum atomic E-state index is 13.6. The molecule has 3 aromatic rings. The first-order chi connectivity index (χ1) is 17.1. The van der Waals surface area contributed by atoms with Crippen molar-refractivity contribution in [2.75, 3.05) is 45.2 Å². The van der Waals surface area contributed by atoms with Crippen LogP contribution in [-0.2, 0) is 10.0 Å². The van der Waals surface area contributed by atoms with Crippen molar-refractivity contribution in [1.29, 1.82) is 0 Å². The normalized spacial score (nSPS) is 11.8. The van der Waals surface area contributed by atoms with Crippen LogP contribution in [0.1, 0.15) is 22.3 Å². The molecule has 36 heavy (non-hydrogen) atoms. The van der Waals surface area contributed by atoms with Gasteiger partial charge in [0.15, 0.2) is 5.13 Å². The Morgan fingerprint density at radius 2 is 1.72 bits per heavy atom. The number of carbonyl (C=O) groups excluding carboxylic acids is 1. The molecule has 0 aliphatic rings. The lowest BCUT2D eigenvalue weighted by Gasteiger charge is -2.22. The van der Waals surface area contributed by atoms with Crippen LogP contribution in [0.2, 0.25) is 5.02 Å².